The zero-order chi connectivity index (χ0) is 10.7. The van der Waals surface area contributed by atoms with E-state index < -0.39 is 0 Å². The summed E-state index contributed by atoms with van der Waals surface area (Å²) in [6, 6.07) is 2.59. The maximum Gasteiger partial charge on any atom is 0.0700 e. The van der Waals surface area contributed by atoms with Gasteiger partial charge in [0.25, 0.3) is 0 Å². The molecule has 2 atom stereocenters. The number of ether oxygens (including phenoxy) is 1. The van der Waals surface area contributed by atoms with E-state index in [0.717, 1.165) is 26.0 Å². The van der Waals surface area contributed by atoms with Gasteiger partial charge >= 0.3 is 0 Å². The number of nitrogens with one attached hydrogen (secondary N) is 1. The monoisotopic (exact) mass is 209 g/mol. The van der Waals surface area contributed by atoms with E-state index in [1.54, 1.807) is 0 Å². The number of hydrogen-bond donors (Lipinski definition) is 1. The number of hydrogen-bond acceptors (Lipinski definition) is 3. The molecule has 0 saturated carbocycles. The highest BCUT2D eigenvalue weighted by Crippen LogP contribution is 2.12. The molecule has 1 aromatic rings. The van der Waals surface area contributed by atoms with E-state index in [-0.39, 0.29) is 0 Å². The molecule has 2 heterocycles. The number of rotatable bonds is 4. The van der Waals surface area contributed by atoms with Crippen molar-refractivity contribution < 1.29 is 4.74 Å². The molecule has 2 unspecified atom stereocenters. The first-order valence-electron chi connectivity index (χ1n) is 5.59. The Balaban J connectivity index is 1.73. The molecule has 15 heavy (non-hydrogen) atoms. The minimum absolute atomic E-state index is 0.358. The van der Waals surface area contributed by atoms with Gasteiger partial charge in [0.05, 0.1) is 6.10 Å². The van der Waals surface area contributed by atoms with Gasteiger partial charge in [-0.25, -0.2) is 0 Å². The molecular weight excluding hydrogens is 190 g/mol. The van der Waals surface area contributed by atoms with Gasteiger partial charge in [-0.2, -0.15) is 5.10 Å². The molecule has 4 heteroatoms. The van der Waals surface area contributed by atoms with Crippen molar-refractivity contribution in [3.8, 4) is 0 Å². The molecule has 2 rings (SSSR count). The molecule has 1 aliphatic rings. The molecule has 1 saturated heterocycles. The van der Waals surface area contributed by atoms with Gasteiger partial charge in [0, 0.05) is 44.6 Å². The van der Waals surface area contributed by atoms with Crippen LogP contribution in [0.2, 0.25) is 0 Å². The number of aryl methyl sites for hydroxylation is 1. The molecule has 0 amide bonds. The molecule has 1 fully saturated rings. The summed E-state index contributed by atoms with van der Waals surface area (Å²) < 4.78 is 7.42. The Morgan fingerprint density at radius 3 is 3.13 bits per heavy atom. The lowest BCUT2D eigenvalue weighted by Crippen LogP contribution is -2.36. The predicted molar refractivity (Wildman–Crippen MR) is 58.7 cm³/mol. The molecule has 0 bridgehead atoms. The Bertz CT molecular complexity index is 311. The Kier molecular flexibility index (Phi) is 3.38. The van der Waals surface area contributed by atoms with Gasteiger partial charge in [-0.05, 0) is 19.4 Å². The lowest BCUT2D eigenvalue weighted by Gasteiger charge is -2.15. The van der Waals surface area contributed by atoms with Crippen molar-refractivity contribution in [2.24, 2.45) is 7.05 Å². The predicted octanol–water partition coefficient (Wildman–Crippen LogP) is 0.730. The van der Waals surface area contributed by atoms with Crippen molar-refractivity contribution in [2.45, 2.75) is 31.9 Å². The van der Waals surface area contributed by atoms with Crippen molar-refractivity contribution >= 4 is 0 Å². The van der Waals surface area contributed by atoms with E-state index in [2.05, 4.69) is 23.4 Å². The average molecular weight is 209 g/mol. The molecule has 1 aliphatic heterocycles. The molecule has 1 N–H and O–H groups in total. The second-order valence-corrected chi connectivity index (χ2v) is 4.12. The Morgan fingerprint density at radius 2 is 2.53 bits per heavy atom. The lowest BCUT2D eigenvalue weighted by molar-refractivity contribution is 0.113. The van der Waals surface area contributed by atoms with Crippen LogP contribution in [0.15, 0.2) is 12.3 Å². The van der Waals surface area contributed by atoms with E-state index in [1.165, 1.54) is 5.69 Å². The van der Waals surface area contributed by atoms with Crippen LogP contribution in [0.25, 0.3) is 0 Å². The number of aromatic nitrogens is 2. The maximum atomic E-state index is 5.50. The normalized spacial score (nSPS) is 26.0. The fourth-order valence-electron chi connectivity index (χ4n) is 2.03. The largest absolute Gasteiger partial charge is 0.377 e. The minimum Gasteiger partial charge on any atom is -0.377 e. The molecule has 4 nitrogen and oxygen atoms in total. The first-order valence-corrected chi connectivity index (χ1v) is 5.59. The van der Waals surface area contributed by atoms with Crippen LogP contribution in [-0.4, -0.2) is 35.1 Å². The molecular formula is C11H19N3O. The highest BCUT2D eigenvalue weighted by Gasteiger charge is 2.22. The summed E-state index contributed by atoms with van der Waals surface area (Å²) in [7, 11) is 1.98. The second-order valence-electron chi connectivity index (χ2n) is 4.12. The molecule has 0 spiro atoms. The van der Waals surface area contributed by atoms with Crippen molar-refractivity contribution in [2.75, 3.05) is 13.2 Å². The number of nitrogens with zero attached hydrogens (tertiary/aromatic N) is 2. The van der Waals surface area contributed by atoms with Gasteiger partial charge in [0.2, 0.25) is 0 Å². The maximum absolute atomic E-state index is 5.50. The summed E-state index contributed by atoms with van der Waals surface area (Å²) in [5, 5.41) is 7.68. The molecule has 1 aromatic heterocycles. The quantitative estimate of drug-likeness (QED) is 0.794. The Morgan fingerprint density at radius 1 is 1.67 bits per heavy atom. The second kappa shape index (κ2) is 4.77. The van der Waals surface area contributed by atoms with E-state index in [9.17, 15) is 0 Å². The van der Waals surface area contributed by atoms with E-state index in [1.807, 2.05) is 17.9 Å². The standard InChI is InChI=1S/C11H19N3O/c1-9-11(5-8-15-9)12-6-3-10-4-7-13-14(10)2/h4,7,9,11-12H,3,5-6,8H2,1-2H3. The van der Waals surface area contributed by atoms with Crippen molar-refractivity contribution in [3.63, 3.8) is 0 Å². The summed E-state index contributed by atoms with van der Waals surface area (Å²) >= 11 is 0. The van der Waals surface area contributed by atoms with E-state index >= 15 is 0 Å². The lowest BCUT2D eigenvalue weighted by atomic mass is 10.1. The van der Waals surface area contributed by atoms with Crippen LogP contribution < -0.4 is 5.32 Å². The molecule has 0 radical (unpaired) electrons. The molecule has 84 valence electrons. The van der Waals surface area contributed by atoms with Gasteiger partial charge in [-0.15, -0.1) is 0 Å². The zero-order valence-corrected chi connectivity index (χ0v) is 9.44. The Labute approximate surface area is 90.6 Å². The van der Waals surface area contributed by atoms with Gasteiger partial charge in [0.1, 0.15) is 0 Å². The van der Waals surface area contributed by atoms with E-state index in [4.69, 9.17) is 4.74 Å². The van der Waals surface area contributed by atoms with Crippen molar-refractivity contribution in [3.05, 3.63) is 18.0 Å². The first-order chi connectivity index (χ1) is 7.27. The van der Waals surface area contributed by atoms with Crippen LogP contribution in [0.5, 0.6) is 0 Å². The zero-order valence-electron chi connectivity index (χ0n) is 9.44. The highest BCUT2D eigenvalue weighted by molar-refractivity contribution is 5.00. The third-order valence-corrected chi connectivity index (χ3v) is 3.09. The van der Waals surface area contributed by atoms with Crippen LogP contribution in [0.3, 0.4) is 0 Å². The highest BCUT2D eigenvalue weighted by atomic mass is 16.5. The smallest absolute Gasteiger partial charge is 0.0700 e. The third kappa shape index (κ3) is 2.58. The molecule has 0 aromatic carbocycles. The van der Waals surface area contributed by atoms with Gasteiger partial charge < -0.3 is 10.1 Å². The summed E-state index contributed by atoms with van der Waals surface area (Å²) in [5.74, 6) is 0. The summed E-state index contributed by atoms with van der Waals surface area (Å²) in [4.78, 5) is 0. The fourth-order valence-corrected chi connectivity index (χ4v) is 2.03. The summed E-state index contributed by atoms with van der Waals surface area (Å²) in [6.45, 7) is 4.02. The van der Waals surface area contributed by atoms with Crippen LogP contribution >= 0.6 is 0 Å². The topological polar surface area (TPSA) is 39.1 Å². The van der Waals surface area contributed by atoms with Crippen LogP contribution in [0.1, 0.15) is 19.0 Å². The summed E-state index contributed by atoms with van der Waals surface area (Å²) in [6.07, 6.45) is 4.36. The van der Waals surface area contributed by atoms with Crippen molar-refractivity contribution in [1.82, 2.24) is 15.1 Å². The Hall–Kier alpha value is -0.870. The van der Waals surface area contributed by atoms with Gasteiger partial charge in [0.15, 0.2) is 0 Å². The minimum atomic E-state index is 0.358. The first kappa shape index (κ1) is 10.6. The van der Waals surface area contributed by atoms with E-state index in [0.29, 0.717) is 12.1 Å². The van der Waals surface area contributed by atoms with Crippen molar-refractivity contribution in [1.29, 1.82) is 0 Å². The molecule has 0 aliphatic carbocycles. The van der Waals surface area contributed by atoms with Crippen LogP contribution in [-0.2, 0) is 18.2 Å². The average Bonchev–Trinajstić information content (AvgIpc) is 2.78. The van der Waals surface area contributed by atoms with Crippen LogP contribution in [0.4, 0.5) is 0 Å². The SMILES string of the molecule is CC1OCCC1NCCc1ccnn1C. The van der Waals surface area contributed by atoms with Gasteiger partial charge in [-0.3, -0.25) is 4.68 Å². The fraction of sp³-hybridized carbons (Fsp3) is 0.727. The van der Waals surface area contributed by atoms with Gasteiger partial charge in [-0.1, -0.05) is 0 Å². The van der Waals surface area contributed by atoms with Crippen LogP contribution in [0, 0.1) is 0 Å². The summed E-state index contributed by atoms with van der Waals surface area (Å²) in [5.41, 5.74) is 1.27. The third-order valence-electron chi connectivity index (χ3n) is 3.09.